The van der Waals surface area contributed by atoms with Gasteiger partial charge in [-0.05, 0) is 30.2 Å². The van der Waals surface area contributed by atoms with Gasteiger partial charge in [0, 0.05) is 25.1 Å². The van der Waals surface area contributed by atoms with Gasteiger partial charge in [0.2, 0.25) is 10.0 Å². The monoisotopic (exact) mass is 312 g/mol. The minimum absolute atomic E-state index is 0.00794. The third kappa shape index (κ3) is 3.66. The van der Waals surface area contributed by atoms with Gasteiger partial charge in [-0.15, -0.1) is 0 Å². The summed E-state index contributed by atoms with van der Waals surface area (Å²) in [6.07, 6.45) is 5.06. The quantitative estimate of drug-likeness (QED) is 0.865. The average Bonchev–Trinajstić information content (AvgIpc) is 2.43. The van der Waals surface area contributed by atoms with Crippen molar-refractivity contribution in [1.29, 1.82) is 0 Å². The first-order valence-electron chi connectivity index (χ1n) is 5.78. The highest BCUT2D eigenvalue weighted by molar-refractivity contribution is 7.89. The zero-order valence-corrected chi connectivity index (χ0v) is 12.0. The molecule has 0 aliphatic heterocycles. The summed E-state index contributed by atoms with van der Waals surface area (Å²) >= 11 is 5.76. The van der Waals surface area contributed by atoms with Crippen LogP contribution in [0, 0.1) is 0 Å². The van der Waals surface area contributed by atoms with Crippen LogP contribution in [0.1, 0.15) is 5.56 Å². The number of halogens is 1. The Morgan fingerprint density at radius 1 is 1.30 bits per heavy atom. The van der Waals surface area contributed by atoms with Crippen molar-refractivity contribution in [3.63, 3.8) is 0 Å². The number of nitrogens with zero attached hydrogens (tertiary/aromatic N) is 2. The zero-order valence-electron chi connectivity index (χ0n) is 10.5. The summed E-state index contributed by atoms with van der Waals surface area (Å²) in [4.78, 5) is 7.62. The summed E-state index contributed by atoms with van der Waals surface area (Å²) < 4.78 is 26.5. The number of hydrogen-bond acceptors (Lipinski definition) is 5. The lowest BCUT2D eigenvalue weighted by molar-refractivity contribution is 0.581. The summed E-state index contributed by atoms with van der Waals surface area (Å²) in [6.45, 7) is 0.272. The summed E-state index contributed by atoms with van der Waals surface area (Å²) in [5.41, 5.74) is 6.44. The van der Waals surface area contributed by atoms with Gasteiger partial charge >= 0.3 is 0 Å². The van der Waals surface area contributed by atoms with Gasteiger partial charge in [-0.25, -0.2) is 18.1 Å². The van der Waals surface area contributed by atoms with Gasteiger partial charge in [0.05, 0.1) is 5.02 Å². The smallest absolute Gasteiger partial charge is 0.242 e. The molecule has 106 valence electrons. The molecule has 0 atom stereocenters. The number of nitrogens with two attached hydrogens (primary N) is 1. The van der Waals surface area contributed by atoms with E-state index in [2.05, 4.69) is 14.7 Å². The minimum Gasteiger partial charge on any atom is -0.382 e. The molecule has 0 spiro atoms. The van der Waals surface area contributed by atoms with Crippen LogP contribution >= 0.6 is 11.6 Å². The van der Waals surface area contributed by atoms with Crippen LogP contribution in [0.5, 0.6) is 0 Å². The molecule has 0 saturated heterocycles. The van der Waals surface area contributed by atoms with Crippen LogP contribution in [0.4, 0.5) is 5.82 Å². The van der Waals surface area contributed by atoms with Gasteiger partial charge in [-0.2, -0.15) is 0 Å². The number of sulfonamides is 1. The molecule has 3 N–H and O–H groups in total. The van der Waals surface area contributed by atoms with E-state index >= 15 is 0 Å². The Morgan fingerprint density at radius 2 is 2.00 bits per heavy atom. The summed E-state index contributed by atoms with van der Waals surface area (Å²) in [7, 11) is -3.64. The van der Waals surface area contributed by atoms with Crippen molar-refractivity contribution in [3.8, 4) is 0 Å². The molecule has 0 bridgehead atoms. The van der Waals surface area contributed by atoms with Crippen LogP contribution in [-0.4, -0.2) is 24.9 Å². The van der Waals surface area contributed by atoms with Crippen LogP contribution in [0.15, 0.2) is 41.7 Å². The van der Waals surface area contributed by atoms with Crippen molar-refractivity contribution in [3.05, 3.63) is 47.4 Å². The van der Waals surface area contributed by atoms with Gasteiger partial charge in [0.15, 0.2) is 0 Å². The van der Waals surface area contributed by atoms with Gasteiger partial charge < -0.3 is 5.73 Å². The van der Waals surface area contributed by atoms with E-state index < -0.39 is 10.0 Å². The fourth-order valence-corrected chi connectivity index (χ4v) is 2.77. The van der Waals surface area contributed by atoms with Crippen LogP contribution in [0.25, 0.3) is 0 Å². The van der Waals surface area contributed by atoms with Crippen LogP contribution in [-0.2, 0) is 16.4 Å². The Bertz CT molecular complexity index is 692. The Morgan fingerprint density at radius 3 is 2.65 bits per heavy atom. The van der Waals surface area contributed by atoms with E-state index in [-0.39, 0.29) is 22.3 Å². The molecule has 0 amide bonds. The first-order chi connectivity index (χ1) is 9.49. The van der Waals surface area contributed by atoms with E-state index in [1.54, 1.807) is 12.4 Å². The maximum atomic E-state index is 12.0. The van der Waals surface area contributed by atoms with Gasteiger partial charge in [-0.1, -0.05) is 11.6 Å². The van der Waals surface area contributed by atoms with Gasteiger partial charge in [0.25, 0.3) is 0 Å². The molecule has 0 fully saturated rings. The summed E-state index contributed by atoms with van der Waals surface area (Å²) in [6, 6.07) is 4.94. The molecule has 20 heavy (non-hydrogen) atoms. The molecular weight excluding hydrogens is 300 g/mol. The summed E-state index contributed by atoms with van der Waals surface area (Å²) in [5.74, 6) is 0.0994. The lowest BCUT2D eigenvalue weighted by atomic mass is 10.2. The van der Waals surface area contributed by atoms with E-state index in [1.165, 1.54) is 12.3 Å². The average molecular weight is 313 g/mol. The number of rotatable bonds is 5. The third-order valence-corrected chi connectivity index (χ3v) is 4.34. The highest BCUT2D eigenvalue weighted by Gasteiger charge is 2.15. The second kappa shape index (κ2) is 6.17. The van der Waals surface area contributed by atoms with Crippen LogP contribution < -0.4 is 10.5 Å². The van der Waals surface area contributed by atoms with Crippen molar-refractivity contribution in [2.45, 2.75) is 11.3 Å². The number of nitrogen functional groups attached to an aromatic ring is 1. The molecule has 2 aromatic rings. The molecular formula is C12H13ClN4O2S. The molecule has 0 aliphatic rings. The van der Waals surface area contributed by atoms with Crippen molar-refractivity contribution in [2.24, 2.45) is 0 Å². The van der Waals surface area contributed by atoms with Crippen molar-refractivity contribution in [2.75, 3.05) is 12.3 Å². The molecule has 2 aromatic heterocycles. The number of hydrogen-bond donors (Lipinski definition) is 2. The van der Waals surface area contributed by atoms with E-state index in [0.29, 0.717) is 6.42 Å². The molecule has 6 nitrogen and oxygen atoms in total. The Hall–Kier alpha value is -1.70. The maximum absolute atomic E-state index is 12.0. The normalized spacial score (nSPS) is 11.4. The number of nitrogens with one attached hydrogen (secondary N) is 1. The fraction of sp³-hybridized carbons (Fsp3) is 0.167. The lowest BCUT2D eigenvalue weighted by Gasteiger charge is -2.07. The predicted molar refractivity (Wildman–Crippen MR) is 76.8 cm³/mol. The summed E-state index contributed by atoms with van der Waals surface area (Å²) in [5, 5.41) is 0.113. The van der Waals surface area contributed by atoms with E-state index in [4.69, 9.17) is 17.3 Å². The predicted octanol–water partition coefficient (Wildman–Crippen LogP) is 1.23. The largest absolute Gasteiger partial charge is 0.382 e. The van der Waals surface area contributed by atoms with E-state index in [0.717, 1.165) is 5.56 Å². The van der Waals surface area contributed by atoms with Crippen LogP contribution in [0.3, 0.4) is 0 Å². The van der Waals surface area contributed by atoms with Gasteiger partial charge in [-0.3, -0.25) is 4.98 Å². The van der Waals surface area contributed by atoms with Crippen LogP contribution in [0.2, 0.25) is 5.02 Å². The number of anilines is 1. The van der Waals surface area contributed by atoms with Crippen molar-refractivity contribution >= 4 is 27.4 Å². The zero-order chi connectivity index (χ0) is 14.6. The lowest BCUT2D eigenvalue weighted by Crippen LogP contribution is -2.26. The molecule has 0 unspecified atom stereocenters. The number of aromatic nitrogens is 2. The first kappa shape index (κ1) is 14.7. The second-order valence-electron chi connectivity index (χ2n) is 4.04. The second-order valence-corrected chi connectivity index (χ2v) is 6.22. The standard InChI is InChI=1S/C12H13ClN4O2S/c13-11-7-10(8-16-12(11)14)20(18,19)17-6-3-9-1-4-15-5-2-9/h1-2,4-5,7-8,17H,3,6H2,(H2,14,16). The molecule has 8 heteroatoms. The Kier molecular flexibility index (Phi) is 4.53. The molecule has 0 saturated carbocycles. The highest BCUT2D eigenvalue weighted by atomic mass is 35.5. The van der Waals surface area contributed by atoms with Crippen molar-refractivity contribution < 1.29 is 8.42 Å². The Labute approximate surface area is 122 Å². The molecule has 0 aliphatic carbocycles. The molecule has 0 radical (unpaired) electrons. The molecule has 2 heterocycles. The van der Waals surface area contributed by atoms with Gasteiger partial charge in [0.1, 0.15) is 10.7 Å². The first-order valence-corrected chi connectivity index (χ1v) is 7.65. The van der Waals surface area contributed by atoms with E-state index in [1.807, 2.05) is 12.1 Å². The fourth-order valence-electron chi connectivity index (χ4n) is 1.54. The topological polar surface area (TPSA) is 98.0 Å². The van der Waals surface area contributed by atoms with E-state index in [9.17, 15) is 8.42 Å². The van der Waals surface area contributed by atoms with Crippen molar-refractivity contribution in [1.82, 2.24) is 14.7 Å². The third-order valence-electron chi connectivity index (χ3n) is 2.61. The highest BCUT2D eigenvalue weighted by Crippen LogP contribution is 2.19. The maximum Gasteiger partial charge on any atom is 0.242 e. The molecule has 2 rings (SSSR count). The SMILES string of the molecule is Nc1ncc(S(=O)(=O)NCCc2ccncc2)cc1Cl. The number of pyridine rings is 2. The minimum atomic E-state index is -3.64. The Balaban J connectivity index is 2.02. The molecule has 0 aromatic carbocycles.